The Balaban J connectivity index is 2.33. The average Bonchev–Trinajstić information content (AvgIpc) is 2.42. The molecule has 100 valence electrons. The lowest BCUT2D eigenvalue weighted by Gasteiger charge is -2.11. The van der Waals surface area contributed by atoms with Crippen LogP contribution in [0, 0.1) is 6.92 Å². The second kappa shape index (κ2) is 6.53. The zero-order valence-corrected chi connectivity index (χ0v) is 11.9. The number of aromatic nitrogens is 2. The number of rotatable bonds is 5. The van der Waals surface area contributed by atoms with Crippen molar-refractivity contribution in [1.29, 1.82) is 0 Å². The molecule has 3 nitrogen and oxygen atoms in total. The largest absolute Gasteiger partial charge is 0.488 e. The molecule has 0 aliphatic rings. The van der Waals surface area contributed by atoms with E-state index in [9.17, 15) is 0 Å². The van der Waals surface area contributed by atoms with Crippen molar-refractivity contribution in [2.45, 2.75) is 26.7 Å². The van der Waals surface area contributed by atoms with Gasteiger partial charge in [-0.25, -0.2) is 9.97 Å². The van der Waals surface area contributed by atoms with Crippen LogP contribution in [-0.4, -0.2) is 16.6 Å². The van der Waals surface area contributed by atoms with Crippen molar-refractivity contribution in [2.24, 2.45) is 0 Å². The highest BCUT2D eigenvalue weighted by molar-refractivity contribution is 6.31. The number of hydrogen-bond acceptors (Lipinski definition) is 3. The fraction of sp³-hybridized carbons (Fsp3) is 0.333. The first-order chi connectivity index (χ1) is 9.22. The van der Waals surface area contributed by atoms with Crippen LogP contribution in [0.2, 0.25) is 5.15 Å². The Bertz CT molecular complexity index is 540. The van der Waals surface area contributed by atoms with Gasteiger partial charge < -0.3 is 4.74 Å². The van der Waals surface area contributed by atoms with E-state index in [1.165, 1.54) is 11.9 Å². The standard InChI is InChI=1S/C15H17ClN2O/c1-3-4-9-19-14-13(17-10-18-15(14)16)12-7-5-11(2)6-8-12/h5-8,10H,3-4,9H2,1-2H3. The van der Waals surface area contributed by atoms with Crippen molar-refractivity contribution in [3.8, 4) is 17.0 Å². The summed E-state index contributed by atoms with van der Waals surface area (Å²) in [6.45, 7) is 4.80. The van der Waals surface area contributed by atoms with Crippen LogP contribution in [0.3, 0.4) is 0 Å². The third-order valence-electron chi connectivity index (χ3n) is 2.83. The number of benzene rings is 1. The Hall–Kier alpha value is -1.61. The van der Waals surface area contributed by atoms with Gasteiger partial charge in [-0.15, -0.1) is 0 Å². The second-order valence-electron chi connectivity index (χ2n) is 4.41. The fourth-order valence-electron chi connectivity index (χ4n) is 1.72. The summed E-state index contributed by atoms with van der Waals surface area (Å²) in [6.07, 6.45) is 3.52. The molecule has 0 fully saturated rings. The summed E-state index contributed by atoms with van der Waals surface area (Å²) < 4.78 is 5.74. The molecule has 0 atom stereocenters. The molecule has 0 saturated heterocycles. The average molecular weight is 277 g/mol. The summed E-state index contributed by atoms with van der Waals surface area (Å²) in [4.78, 5) is 8.29. The summed E-state index contributed by atoms with van der Waals surface area (Å²) >= 11 is 6.11. The van der Waals surface area contributed by atoms with Crippen LogP contribution < -0.4 is 4.74 Å². The molecule has 0 N–H and O–H groups in total. The van der Waals surface area contributed by atoms with Crippen molar-refractivity contribution in [1.82, 2.24) is 9.97 Å². The van der Waals surface area contributed by atoms with Gasteiger partial charge in [0, 0.05) is 5.56 Å². The molecule has 0 amide bonds. The van der Waals surface area contributed by atoms with E-state index in [1.54, 1.807) is 0 Å². The van der Waals surface area contributed by atoms with Crippen molar-refractivity contribution >= 4 is 11.6 Å². The second-order valence-corrected chi connectivity index (χ2v) is 4.77. The van der Waals surface area contributed by atoms with Gasteiger partial charge in [-0.05, 0) is 13.3 Å². The van der Waals surface area contributed by atoms with Gasteiger partial charge in [0.1, 0.15) is 12.0 Å². The van der Waals surface area contributed by atoms with Crippen LogP contribution in [-0.2, 0) is 0 Å². The van der Waals surface area contributed by atoms with Crippen LogP contribution in [0.15, 0.2) is 30.6 Å². The Morgan fingerprint density at radius 3 is 2.58 bits per heavy atom. The first-order valence-corrected chi connectivity index (χ1v) is 6.80. The molecule has 2 aromatic rings. The van der Waals surface area contributed by atoms with E-state index in [-0.39, 0.29) is 0 Å². The minimum atomic E-state index is 0.363. The van der Waals surface area contributed by atoms with Crippen LogP contribution in [0.1, 0.15) is 25.3 Å². The molecule has 0 bridgehead atoms. The monoisotopic (exact) mass is 276 g/mol. The minimum Gasteiger partial charge on any atom is -0.488 e. The quantitative estimate of drug-likeness (QED) is 0.604. The van der Waals surface area contributed by atoms with Gasteiger partial charge in [-0.2, -0.15) is 0 Å². The van der Waals surface area contributed by atoms with Crippen molar-refractivity contribution in [3.63, 3.8) is 0 Å². The molecule has 0 aliphatic carbocycles. The van der Waals surface area contributed by atoms with Gasteiger partial charge in [0.2, 0.25) is 0 Å². The summed E-state index contributed by atoms with van der Waals surface area (Å²) in [5, 5.41) is 0.363. The normalized spacial score (nSPS) is 10.5. The molecule has 4 heteroatoms. The van der Waals surface area contributed by atoms with Crippen LogP contribution >= 0.6 is 11.6 Å². The highest BCUT2D eigenvalue weighted by atomic mass is 35.5. The SMILES string of the molecule is CCCCOc1c(Cl)ncnc1-c1ccc(C)cc1. The number of hydrogen-bond donors (Lipinski definition) is 0. The summed E-state index contributed by atoms with van der Waals surface area (Å²) in [7, 11) is 0. The van der Waals surface area contributed by atoms with E-state index in [1.807, 2.05) is 24.3 Å². The van der Waals surface area contributed by atoms with E-state index in [0.717, 1.165) is 24.1 Å². The Labute approximate surface area is 118 Å². The van der Waals surface area contributed by atoms with Crippen molar-refractivity contribution in [3.05, 3.63) is 41.3 Å². The summed E-state index contributed by atoms with van der Waals surface area (Å²) in [5.41, 5.74) is 2.94. The molecule has 0 unspecified atom stereocenters. The Morgan fingerprint density at radius 2 is 1.89 bits per heavy atom. The van der Waals surface area contributed by atoms with Gasteiger partial charge >= 0.3 is 0 Å². The number of aryl methyl sites for hydroxylation is 1. The Morgan fingerprint density at radius 1 is 1.16 bits per heavy atom. The van der Waals surface area contributed by atoms with Gasteiger partial charge in [0.25, 0.3) is 0 Å². The van der Waals surface area contributed by atoms with E-state index < -0.39 is 0 Å². The van der Waals surface area contributed by atoms with Gasteiger partial charge in [0.15, 0.2) is 10.9 Å². The molecule has 0 saturated carbocycles. The maximum Gasteiger partial charge on any atom is 0.182 e. The lowest BCUT2D eigenvalue weighted by molar-refractivity contribution is 0.308. The van der Waals surface area contributed by atoms with E-state index >= 15 is 0 Å². The molecule has 1 aromatic carbocycles. The Kier molecular flexibility index (Phi) is 4.74. The molecular weight excluding hydrogens is 260 g/mol. The summed E-state index contributed by atoms with van der Waals surface area (Å²) in [6, 6.07) is 8.11. The number of nitrogens with zero attached hydrogens (tertiary/aromatic N) is 2. The maximum absolute atomic E-state index is 6.11. The predicted octanol–water partition coefficient (Wildman–Crippen LogP) is 4.28. The number of unbranched alkanes of at least 4 members (excludes halogenated alkanes) is 1. The lowest BCUT2D eigenvalue weighted by Crippen LogP contribution is -2.01. The van der Waals surface area contributed by atoms with E-state index in [0.29, 0.717) is 17.5 Å². The predicted molar refractivity (Wildman–Crippen MR) is 77.6 cm³/mol. The smallest absolute Gasteiger partial charge is 0.182 e. The maximum atomic E-state index is 6.11. The zero-order chi connectivity index (χ0) is 13.7. The highest BCUT2D eigenvalue weighted by Crippen LogP contribution is 2.33. The molecule has 1 aromatic heterocycles. The lowest BCUT2D eigenvalue weighted by atomic mass is 10.1. The molecular formula is C15H17ClN2O. The van der Waals surface area contributed by atoms with Gasteiger partial charge in [0.05, 0.1) is 6.61 Å². The first kappa shape index (κ1) is 13.8. The number of ether oxygens (including phenoxy) is 1. The molecule has 19 heavy (non-hydrogen) atoms. The van der Waals surface area contributed by atoms with Gasteiger partial charge in [-0.1, -0.05) is 54.8 Å². The number of halogens is 1. The van der Waals surface area contributed by atoms with E-state index in [2.05, 4.69) is 23.8 Å². The van der Waals surface area contributed by atoms with E-state index in [4.69, 9.17) is 16.3 Å². The topological polar surface area (TPSA) is 35.0 Å². The fourth-order valence-corrected chi connectivity index (χ4v) is 1.90. The van der Waals surface area contributed by atoms with Crippen LogP contribution in [0.4, 0.5) is 0 Å². The summed E-state index contributed by atoms with van der Waals surface area (Å²) in [5.74, 6) is 0.571. The van der Waals surface area contributed by atoms with Crippen molar-refractivity contribution < 1.29 is 4.74 Å². The highest BCUT2D eigenvalue weighted by Gasteiger charge is 2.13. The molecule has 0 radical (unpaired) electrons. The minimum absolute atomic E-state index is 0.363. The van der Waals surface area contributed by atoms with Crippen molar-refractivity contribution in [2.75, 3.05) is 6.61 Å². The van der Waals surface area contributed by atoms with Gasteiger partial charge in [-0.3, -0.25) is 0 Å². The molecule has 1 heterocycles. The molecule has 0 aliphatic heterocycles. The molecule has 0 spiro atoms. The van der Waals surface area contributed by atoms with Crippen LogP contribution in [0.25, 0.3) is 11.3 Å². The zero-order valence-electron chi connectivity index (χ0n) is 11.2. The third-order valence-corrected chi connectivity index (χ3v) is 3.10. The molecule has 2 rings (SSSR count). The van der Waals surface area contributed by atoms with Crippen LogP contribution in [0.5, 0.6) is 5.75 Å². The third kappa shape index (κ3) is 3.44. The first-order valence-electron chi connectivity index (χ1n) is 6.42.